The van der Waals surface area contributed by atoms with Crippen LogP contribution in [0.3, 0.4) is 0 Å². The van der Waals surface area contributed by atoms with Crippen LogP contribution in [0.25, 0.3) is 11.3 Å². The number of methoxy groups -OCH3 is 1. The molecule has 0 aliphatic carbocycles. The number of amides is 1. The van der Waals surface area contributed by atoms with Crippen LogP contribution in [0, 0.1) is 0 Å². The topological polar surface area (TPSA) is 103 Å². The van der Waals surface area contributed by atoms with Crippen molar-refractivity contribution in [2.45, 2.75) is 6.61 Å². The molecule has 0 aliphatic rings. The number of primary amides is 1. The SMILES string of the molecule is COc1cccc(-c2n[nH]nc2C(N)=O)c1OCc1c(Cl)cccc1Cl. The maximum atomic E-state index is 11.6. The Morgan fingerprint density at radius 1 is 1.15 bits per heavy atom. The van der Waals surface area contributed by atoms with Gasteiger partial charge in [0.25, 0.3) is 5.91 Å². The van der Waals surface area contributed by atoms with E-state index in [1.165, 1.54) is 7.11 Å². The summed E-state index contributed by atoms with van der Waals surface area (Å²) in [6.45, 7) is 0.0929. The average Bonchev–Trinajstić information content (AvgIpc) is 3.11. The average molecular weight is 393 g/mol. The van der Waals surface area contributed by atoms with E-state index in [0.29, 0.717) is 32.7 Å². The van der Waals surface area contributed by atoms with E-state index in [1.807, 2.05) is 0 Å². The fraction of sp³-hybridized carbons (Fsp3) is 0.118. The van der Waals surface area contributed by atoms with Gasteiger partial charge in [-0.2, -0.15) is 15.4 Å². The second-order valence-corrected chi connectivity index (χ2v) is 6.03. The van der Waals surface area contributed by atoms with E-state index in [9.17, 15) is 4.79 Å². The molecule has 0 bridgehead atoms. The van der Waals surface area contributed by atoms with Gasteiger partial charge in [-0.15, -0.1) is 0 Å². The van der Waals surface area contributed by atoms with Crippen molar-refractivity contribution in [2.24, 2.45) is 5.73 Å². The monoisotopic (exact) mass is 392 g/mol. The van der Waals surface area contributed by atoms with Crippen LogP contribution in [0.4, 0.5) is 0 Å². The Hall–Kier alpha value is -2.77. The fourth-order valence-electron chi connectivity index (χ4n) is 2.42. The van der Waals surface area contributed by atoms with E-state index in [0.717, 1.165) is 0 Å². The van der Waals surface area contributed by atoms with Crippen molar-refractivity contribution < 1.29 is 14.3 Å². The molecule has 0 saturated heterocycles. The van der Waals surface area contributed by atoms with Crippen LogP contribution in [0.2, 0.25) is 10.0 Å². The summed E-state index contributed by atoms with van der Waals surface area (Å²) in [4.78, 5) is 11.6. The molecule has 0 unspecified atom stereocenters. The summed E-state index contributed by atoms with van der Waals surface area (Å²) < 4.78 is 11.3. The van der Waals surface area contributed by atoms with Crippen LogP contribution in [0.1, 0.15) is 16.1 Å². The third-order valence-corrected chi connectivity index (χ3v) is 4.37. The number of aromatic nitrogens is 3. The van der Waals surface area contributed by atoms with Crippen LogP contribution < -0.4 is 15.2 Å². The third-order valence-electron chi connectivity index (χ3n) is 3.66. The molecule has 0 radical (unpaired) electrons. The van der Waals surface area contributed by atoms with Gasteiger partial charge in [-0.25, -0.2) is 0 Å². The normalized spacial score (nSPS) is 10.6. The fourth-order valence-corrected chi connectivity index (χ4v) is 2.92. The van der Waals surface area contributed by atoms with E-state index in [-0.39, 0.29) is 18.0 Å². The summed E-state index contributed by atoms with van der Waals surface area (Å²) in [6, 6.07) is 10.4. The predicted molar refractivity (Wildman–Crippen MR) is 97.7 cm³/mol. The first kappa shape index (κ1) is 18.0. The number of ether oxygens (including phenoxy) is 2. The van der Waals surface area contributed by atoms with Crippen LogP contribution >= 0.6 is 23.2 Å². The van der Waals surface area contributed by atoms with E-state index >= 15 is 0 Å². The molecular weight excluding hydrogens is 379 g/mol. The highest BCUT2D eigenvalue weighted by Crippen LogP contribution is 2.39. The molecule has 134 valence electrons. The van der Waals surface area contributed by atoms with Crippen molar-refractivity contribution in [3.05, 3.63) is 57.7 Å². The highest BCUT2D eigenvalue weighted by atomic mass is 35.5. The number of nitrogens with zero attached hydrogens (tertiary/aromatic N) is 2. The Balaban J connectivity index is 2.03. The lowest BCUT2D eigenvalue weighted by Gasteiger charge is -2.15. The summed E-state index contributed by atoms with van der Waals surface area (Å²) >= 11 is 12.4. The molecule has 9 heteroatoms. The van der Waals surface area contributed by atoms with Crippen molar-refractivity contribution in [3.63, 3.8) is 0 Å². The number of carbonyl (C=O) groups is 1. The van der Waals surface area contributed by atoms with Crippen LogP contribution in [-0.2, 0) is 6.61 Å². The zero-order valence-electron chi connectivity index (χ0n) is 13.6. The molecule has 0 saturated carbocycles. The quantitative estimate of drug-likeness (QED) is 0.668. The Bertz CT molecular complexity index is 939. The van der Waals surface area contributed by atoms with E-state index in [2.05, 4.69) is 15.4 Å². The predicted octanol–water partition coefficient (Wildman–Crippen LogP) is 3.47. The second kappa shape index (κ2) is 7.63. The number of carbonyl (C=O) groups excluding carboxylic acids is 1. The van der Waals surface area contributed by atoms with E-state index in [1.54, 1.807) is 36.4 Å². The first-order valence-electron chi connectivity index (χ1n) is 7.46. The van der Waals surface area contributed by atoms with Gasteiger partial charge in [0.2, 0.25) is 0 Å². The minimum Gasteiger partial charge on any atom is -0.493 e. The van der Waals surface area contributed by atoms with Gasteiger partial charge in [0.15, 0.2) is 17.2 Å². The lowest BCUT2D eigenvalue weighted by atomic mass is 10.1. The van der Waals surface area contributed by atoms with Crippen molar-refractivity contribution in [3.8, 4) is 22.8 Å². The standard InChI is InChI=1S/C17H14Cl2N4O3/c1-25-13-7-2-4-9(14-15(17(20)24)22-23-21-14)16(13)26-8-10-11(18)5-3-6-12(10)19/h2-7H,8H2,1H3,(H2,20,24)(H,21,22,23). The molecule has 0 spiro atoms. The number of benzene rings is 2. The van der Waals surface area contributed by atoms with Crippen molar-refractivity contribution in [1.82, 2.24) is 15.4 Å². The van der Waals surface area contributed by atoms with Gasteiger partial charge in [-0.05, 0) is 24.3 Å². The highest BCUT2D eigenvalue weighted by Gasteiger charge is 2.21. The molecular formula is C17H14Cl2N4O3. The number of hydrogen-bond donors (Lipinski definition) is 2. The maximum Gasteiger partial charge on any atom is 0.271 e. The second-order valence-electron chi connectivity index (χ2n) is 5.21. The van der Waals surface area contributed by atoms with Gasteiger partial charge in [0, 0.05) is 15.6 Å². The van der Waals surface area contributed by atoms with Crippen LogP contribution in [-0.4, -0.2) is 28.4 Å². The highest BCUT2D eigenvalue weighted by molar-refractivity contribution is 6.35. The Morgan fingerprint density at radius 2 is 1.85 bits per heavy atom. The number of H-pyrrole nitrogens is 1. The third kappa shape index (κ3) is 3.44. The number of rotatable bonds is 6. The first-order chi connectivity index (χ1) is 12.5. The number of para-hydroxylation sites is 1. The zero-order chi connectivity index (χ0) is 18.7. The molecule has 1 heterocycles. The molecule has 26 heavy (non-hydrogen) atoms. The van der Waals surface area contributed by atoms with E-state index < -0.39 is 5.91 Å². The number of aromatic amines is 1. The molecule has 2 aromatic carbocycles. The summed E-state index contributed by atoms with van der Waals surface area (Å²) in [6.07, 6.45) is 0. The molecule has 0 fully saturated rings. The molecule has 3 N–H and O–H groups in total. The smallest absolute Gasteiger partial charge is 0.271 e. The number of halogens is 2. The summed E-state index contributed by atoms with van der Waals surface area (Å²) in [5.74, 6) is 0.100. The van der Waals surface area contributed by atoms with Gasteiger partial charge in [-0.3, -0.25) is 4.79 Å². The number of hydrogen-bond acceptors (Lipinski definition) is 5. The molecule has 7 nitrogen and oxygen atoms in total. The summed E-state index contributed by atoms with van der Waals surface area (Å²) in [5.41, 5.74) is 6.74. The summed E-state index contributed by atoms with van der Waals surface area (Å²) in [7, 11) is 1.51. The lowest BCUT2D eigenvalue weighted by Crippen LogP contribution is -2.13. The molecule has 3 rings (SSSR count). The number of nitrogens with one attached hydrogen (secondary N) is 1. The van der Waals surface area contributed by atoms with Gasteiger partial charge < -0.3 is 15.2 Å². The molecule has 0 aliphatic heterocycles. The Kier molecular flexibility index (Phi) is 5.29. The minimum absolute atomic E-state index is 0.00104. The first-order valence-corrected chi connectivity index (χ1v) is 8.22. The van der Waals surface area contributed by atoms with Crippen molar-refractivity contribution in [2.75, 3.05) is 7.11 Å². The van der Waals surface area contributed by atoms with Gasteiger partial charge in [-0.1, -0.05) is 35.3 Å². The largest absolute Gasteiger partial charge is 0.493 e. The zero-order valence-corrected chi connectivity index (χ0v) is 15.1. The van der Waals surface area contributed by atoms with Crippen molar-refractivity contribution >= 4 is 29.1 Å². The van der Waals surface area contributed by atoms with Crippen molar-refractivity contribution in [1.29, 1.82) is 0 Å². The molecule has 1 aromatic heterocycles. The minimum atomic E-state index is -0.711. The molecule has 3 aromatic rings. The molecule has 0 atom stereocenters. The summed E-state index contributed by atoms with van der Waals surface area (Å²) in [5, 5.41) is 11.2. The maximum absolute atomic E-state index is 11.6. The van der Waals surface area contributed by atoms with Crippen LogP contribution in [0.15, 0.2) is 36.4 Å². The van der Waals surface area contributed by atoms with Crippen LogP contribution in [0.5, 0.6) is 11.5 Å². The molecule has 1 amide bonds. The Labute approximate surface area is 159 Å². The van der Waals surface area contributed by atoms with Gasteiger partial charge in [0.05, 0.1) is 12.7 Å². The number of nitrogens with two attached hydrogens (primary N) is 1. The van der Waals surface area contributed by atoms with Gasteiger partial charge in [0.1, 0.15) is 12.3 Å². The van der Waals surface area contributed by atoms with E-state index in [4.69, 9.17) is 38.4 Å². The Morgan fingerprint density at radius 3 is 2.50 bits per heavy atom. The van der Waals surface area contributed by atoms with Gasteiger partial charge >= 0.3 is 0 Å². The lowest BCUT2D eigenvalue weighted by molar-refractivity contribution is 0.0996.